The molecule has 0 unspecified atom stereocenters. The van der Waals surface area contributed by atoms with Crippen LogP contribution in [-0.4, -0.2) is 71.4 Å². The zero-order valence-electron chi connectivity index (χ0n) is 28.1. The highest BCUT2D eigenvalue weighted by Gasteiger charge is 2.61. The topological polar surface area (TPSA) is 162 Å². The van der Waals surface area contributed by atoms with E-state index in [4.69, 9.17) is 13.9 Å². The van der Waals surface area contributed by atoms with Gasteiger partial charge in [-0.3, -0.25) is 23.9 Å². The molecule has 266 valence electrons. The smallest absolute Gasteiger partial charge is 0.395 e. The zero-order valence-corrected chi connectivity index (χ0v) is 28.9. The molecule has 5 atom stereocenters. The van der Waals surface area contributed by atoms with E-state index < -0.39 is 73.7 Å². The number of halogens is 1. The lowest BCUT2D eigenvalue weighted by atomic mass is 9.90. The largest absolute Gasteiger partial charge is 0.460 e. The van der Waals surface area contributed by atoms with E-state index in [9.17, 15) is 32.0 Å². The number of sulfonamides is 1. The lowest BCUT2D eigenvalue weighted by Crippen LogP contribution is -2.46. The Morgan fingerprint density at radius 1 is 1.14 bits per heavy atom. The van der Waals surface area contributed by atoms with Crippen molar-refractivity contribution in [2.75, 3.05) is 6.54 Å². The number of para-hydroxylation sites is 1. The van der Waals surface area contributed by atoms with Crippen molar-refractivity contribution in [3.05, 3.63) is 36.2 Å². The van der Waals surface area contributed by atoms with E-state index in [0.717, 1.165) is 19.3 Å². The van der Waals surface area contributed by atoms with E-state index in [1.54, 1.807) is 26.8 Å². The van der Waals surface area contributed by atoms with Crippen LogP contribution in [-0.2, 0) is 33.9 Å². The third-order valence-electron chi connectivity index (χ3n) is 9.78. The van der Waals surface area contributed by atoms with Crippen LogP contribution in [0.2, 0.25) is 0 Å². The monoisotopic (exact) mass is 701 g/mol. The van der Waals surface area contributed by atoms with Gasteiger partial charge in [-0.1, -0.05) is 31.1 Å². The number of ketones is 1. The van der Waals surface area contributed by atoms with Gasteiger partial charge >= 0.3 is 12.0 Å². The first kappa shape index (κ1) is 35.0. The molecule has 3 fully saturated rings. The van der Waals surface area contributed by atoms with E-state index >= 15 is 0 Å². The van der Waals surface area contributed by atoms with Crippen molar-refractivity contribution in [1.82, 2.24) is 14.6 Å². The number of amides is 2. The summed E-state index contributed by atoms with van der Waals surface area (Å²) in [6.45, 7) is 5.20. The Kier molecular flexibility index (Phi) is 9.64. The van der Waals surface area contributed by atoms with Crippen molar-refractivity contribution in [2.45, 2.75) is 114 Å². The average molecular weight is 702 g/mol. The van der Waals surface area contributed by atoms with E-state index in [1.807, 2.05) is 12.2 Å². The minimum Gasteiger partial charge on any atom is -0.460 e. The average Bonchev–Trinajstić information content (AvgIpc) is 3.90. The summed E-state index contributed by atoms with van der Waals surface area (Å²) in [4.78, 5) is 60.8. The third kappa shape index (κ3) is 7.99. The minimum absolute atomic E-state index is 0.0313. The van der Waals surface area contributed by atoms with Crippen LogP contribution in [0.25, 0.3) is 11.1 Å². The summed E-state index contributed by atoms with van der Waals surface area (Å²) in [6, 6.07) is 3.25. The van der Waals surface area contributed by atoms with Gasteiger partial charge < -0.3 is 18.8 Å². The number of oxazole rings is 1. The molecule has 1 N–H and O–H groups in total. The molecule has 3 heterocycles. The molecule has 2 aromatic rings. The van der Waals surface area contributed by atoms with Crippen LogP contribution >= 0.6 is 0 Å². The number of fused-ring (bicyclic) bond motifs is 3. The Hall–Kier alpha value is -3.81. The summed E-state index contributed by atoms with van der Waals surface area (Å²) in [7, 11) is -3.85. The molecular formula is C35H44FN3O9S. The number of allylic oxidation sites excluding steroid dienone is 2. The Balaban J connectivity index is 1.29. The van der Waals surface area contributed by atoms with Crippen molar-refractivity contribution < 1.29 is 45.9 Å². The van der Waals surface area contributed by atoms with Gasteiger partial charge in [-0.2, -0.15) is 4.98 Å². The number of nitrogens with one attached hydrogen (secondary N) is 1. The number of rotatable bonds is 7. The molecule has 6 rings (SSSR count). The molecule has 2 aliphatic carbocycles. The number of hydrogen-bond acceptors (Lipinski definition) is 10. The zero-order chi connectivity index (χ0) is 35.1. The Morgan fingerprint density at radius 2 is 1.92 bits per heavy atom. The van der Waals surface area contributed by atoms with Crippen LogP contribution in [0.5, 0.6) is 6.08 Å². The number of aromatic nitrogens is 1. The number of benzene rings is 1. The fourth-order valence-electron chi connectivity index (χ4n) is 6.99. The molecule has 4 aliphatic rings. The summed E-state index contributed by atoms with van der Waals surface area (Å²) < 4.78 is 59.1. The second-order valence-corrected chi connectivity index (χ2v) is 16.8. The molecule has 0 radical (unpaired) electrons. The summed E-state index contributed by atoms with van der Waals surface area (Å²) in [5, 5.41) is -0.610. The van der Waals surface area contributed by atoms with Crippen LogP contribution in [0, 0.1) is 23.1 Å². The maximum absolute atomic E-state index is 14.3. The molecular weight excluding hydrogens is 657 g/mol. The van der Waals surface area contributed by atoms with Gasteiger partial charge in [-0.15, -0.1) is 0 Å². The van der Waals surface area contributed by atoms with Crippen molar-refractivity contribution in [2.24, 2.45) is 17.3 Å². The number of Topliss-reactive ketones (excluding diaryl/α,β-unsaturated/α-hetero) is 1. The molecule has 0 spiro atoms. The van der Waals surface area contributed by atoms with Crippen molar-refractivity contribution in [3.8, 4) is 6.08 Å². The van der Waals surface area contributed by atoms with Gasteiger partial charge in [0.2, 0.25) is 21.8 Å². The lowest BCUT2D eigenvalue weighted by molar-refractivity contribution is -0.159. The van der Waals surface area contributed by atoms with E-state index in [0.29, 0.717) is 32.1 Å². The third-order valence-corrected chi connectivity index (χ3v) is 11.6. The summed E-state index contributed by atoms with van der Waals surface area (Å²) in [5.74, 6) is -3.76. The number of esters is 1. The standard InChI is InChI=1S/C35H44FN3O9S/c1-34(2,3)48-29(41)16-21-10-7-5-4-6-8-11-22-18-35(22,32(43)38-49(44,45)24-14-15-24)19-28(40)27-17-23(20-39(27)31(21)42)46-33-37-26-13-9-12-25(36)30(26)47-33/h8-9,11-13,21-24,27H,4-7,10,14-20H2,1-3H3,(H,38,43)/b11-8-/t21-,22+,23-,27+,35-/m1/s1. The van der Waals surface area contributed by atoms with Crippen LogP contribution in [0.15, 0.2) is 34.8 Å². The van der Waals surface area contributed by atoms with Gasteiger partial charge in [0.1, 0.15) is 17.2 Å². The predicted octanol–water partition coefficient (Wildman–Crippen LogP) is 4.76. The molecule has 49 heavy (non-hydrogen) atoms. The Bertz CT molecular complexity index is 1760. The highest BCUT2D eigenvalue weighted by Crippen LogP contribution is 2.57. The number of hydrogen-bond donors (Lipinski definition) is 1. The first-order chi connectivity index (χ1) is 23.1. The van der Waals surface area contributed by atoms with Crippen molar-refractivity contribution in [1.29, 1.82) is 0 Å². The maximum atomic E-state index is 14.3. The number of carbonyl (C=O) groups is 4. The summed E-state index contributed by atoms with van der Waals surface area (Å²) >= 11 is 0. The van der Waals surface area contributed by atoms with Gasteiger partial charge in [0, 0.05) is 18.8 Å². The highest BCUT2D eigenvalue weighted by molar-refractivity contribution is 7.90. The molecule has 1 saturated heterocycles. The summed E-state index contributed by atoms with van der Waals surface area (Å²) in [6.07, 6.45) is 7.14. The summed E-state index contributed by atoms with van der Waals surface area (Å²) in [5.41, 5.74) is -1.86. The second-order valence-electron chi connectivity index (χ2n) is 14.9. The fourth-order valence-corrected chi connectivity index (χ4v) is 8.38. The van der Waals surface area contributed by atoms with Gasteiger partial charge in [0.15, 0.2) is 17.2 Å². The minimum atomic E-state index is -3.85. The van der Waals surface area contributed by atoms with Crippen LogP contribution in [0.4, 0.5) is 4.39 Å². The van der Waals surface area contributed by atoms with Gasteiger partial charge in [-0.25, -0.2) is 12.8 Å². The molecule has 1 aromatic heterocycles. The molecule has 14 heteroatoms. The van der Waals surface area contributed by atoms with Crippen LogP contribution < -0.4 is 9.46 Å². The Morgan fingerprint density at radius 3 is 2.63 bits per heavy atom. The van der Waals surface area contributed by atoms with Gasteiger partial charge in [-0.05, 0) is 77.3 Å². The molecule has 2 amide bonds. The molecule has 0 bridgehead atoms. The van der Waals surface area contributed by atoms with E-state index in [-0.39, 0.29) is 48.9 Å². The normalized spacial score (nSPS) is 28.9. The first-order valence-corrected chi connectivity index (χ1v) is 18.7. The number of nitrogens with zero attached hydrogens (tertiary/aromatic N) is 2. The quantitative estimate of drug-likeness (QED) is 0.315. The number of carbonyl (C=O) groups excluding carboxylic acids is 4. The molecule has 2 saturated carbocycles. The van der Waals surface area contributed by atoms with E-state index in [2.05, 4.69) is 9.71 Å². The van der Waals surface area contributed by atoms with Crippen LogP contribution in [0.3, 0.4) is 0 Å². The molecule has 1 aromatic carbocycles. The van der Waals surface area contributed by atoms with Gasteiger partial charge in [0.25, 0.3) is 0 Å². The number of ether oxygens (including phenoxy) is 2. The maximum Gasteiger partial charge on any atom is 0.395 e. The SMILES string of the molecule is CC(C)(C)OC(=O)C[C@H]1CCCCC/C=C\[C@H]2C[C@@]2(C(=O)NS(=O)(=O)C2CC2)CC(=O)[C@@H]2C[C@@H](Oc3nc4cccc(F)c4o3)CN2C1=O. The fraction of sp³-hybridized carbons (Fsp3) is 0.629. The lowest BCUT2D eigenvalue weighted by Gasteiger charge is -2.29. The van der Waals surface area contributed by atoms with Crippen molar-refractivity contribution >= 4 is 44.7 Å². The predicted molar refractivity (Wildman–Crippen MR) is 175 cm³/mol. The molecule has 12 nitrogen and oxygen atoms in total. The van der Waals surface area contributed by atoms with Crippen LogP contribution in [0.1, 0.15) is 91.4 Å². The van der Waals surface area contributed by atoms with E-state index in [1.165, 1.54) is 17.0 Å². The second kappa shape index (κ2) is 13.5. The highest BCUT2D eigenvalue weighted by atomic mass is 32.2. The molecule has 2 aliphatic heterocycles. The van der Waals surface area contributed by atoms with Crippen molar-refractivity contribution in [3.63, 3.8) is 0 Å². The first-order valence-electron chi connectivity index (χ1n) is 17.1. The van der Waals surface area contributed by atoms with Gasteiger partial charge in [0.05, 0.1) is 29.7 Å². The Labute approximate surface area is 285 Å².